The summed E-state index contributed by atoms with van der Waals surface area (Å²) in [4.78, 5) is 19.1. The largest absolute Gasteiger partial charge is 0.465 e. The topological polar surface area (TPSA) is 78.3 Å². The number of imidazole rings is 1. The van der Waals surface area contributed by atoms with Crippen molar-refractivity contribution in [3.63, 3.8) is 0 Å². The van der Waals surface area contributed by atoms with E-state index < -0.39 is 49.8 Å². The summed E-state index contributed by atoms with van der Waals surface area (Å²) in [5, 5.41) is 2.22. The molecule has 2 rings (SSSR count). The van der Waals surface area contributed by atoms with E-state index in [-0.39, 0.29) is 12.4 Å². The second kappa shape index (κ2) is 10.4. The Hall–Kier alpha value is -2.54. The van der Waals surface area contributed by atoms with Gasteiger partial charge in [-0.3, -0.25) is 0 Å². The standard InChI is InChI=1S/C19H25F5N4O3Si/c1-30-18(29)12-5-6-14(19(22,23)24)26-17(12)27-15(16(20)21)13-9-28(10-25-13)11-31-7-8-32(2,3)4/h5-6,9-10,15-16H,7-8,11H2,1-4H3,(H,26,27). The van der Waals surface area contributed by atoms with Gasteiger partial charge in [0, 0.05) is 20.9 Å². The number of esters is 1. The minimum atomic E-state index is -4.83. The molecule has 2 heterocycles. The summed E-state index contributed by atoms with van der Waals surface area (Å²) >= 11 is 0. The second-order valence-corrected chi connectivity index (χ2v) is 13.8. The summed E-state index contributed by atoms with van der Waals surface area (Å²) in [7, 11) is -0.274. The zero-order valence-corrected chi connectivity index (χ0v) is 19.0. The molecule has 178 valence electrons. The van der Waals surface area contributed by atoms with Gasteiger partial charge in [0.2, 0.25) is 0 Å². The molecule has 0 spiro atoms. The monoisotopic (exact) mass is 480 g/mol. The maximum atomic E-state index is 13.8. The van der Waals surface area contributed by atoms with E-state index in [9.17, 15) is 26.7 Å². The van der Waals surface area contributed by atoms with Gasteiger partial charge in [0.25, 0.3) is 6.43 Å². The Bertz CT molecular complexity index is 915. The Morgan fingerprint density at radius 2 is 1.94 bits per heavy atom. The molecule has 1 atom stereocenters. The molecule has 0 saturated carbocycles. The molecule has 7 nitrogen and oxygen atoms in total. The van der Waals surface area contributed by atoms with Crippen LogP contribution < -0.4 is 5.32 Å². The van der Waals surface area contributed by atoms with Gasteiger partial charge in [-0.2, -0.15) is 13.2 Å². The van der Waals surface area contributed by atoms with E-state index in [2.05, 4.69) is 39.7 Å². The van der Waals surface area contributed by atoms with Crippen molar-refractivity contribution in [2.45, 2.75) is 51.1 Å². The molecule has 1 unspecified atom stereocenters. The van der Waals surface area contributed by atoms with Gasteiger partial charge in [-0.05, 0) is 18.2 Å². The number of rotatable bonds is 10. The summed E-state index contributed by atoms with van der Waals surface area (Å²) in [5.41, 5.74) is -1.91. The average molecular weight is 481 g/mol. The zero-order chi connectivity index (χ0) is 24.1. The fourth-order valence-electron chi connectivity index (χ4n) is 2.57. The molecule has 0 radical (unpaired) electrons. The van der Waals surface area contributed by atoms with Crippen molar-refractivity contribution in [3.8, 4) is 0 Å². The van der Waals surface area contributed by atoms with E-state index in [4.69, 9.17) is 4.74 Å². The van der Waals surface area contributed by atoms with Crippen LogP contribution in [0, 0.1) is 0 Å². The average Bonchev–Trinajstić information content (AvgIpc) is 3.15. The molecule has 0 saturated heterocycles. The molecule has 1 N–H and O–H groups in total. The number of pyridine rings is 1. The highest BCUT2D eigenvalue weighted by molar-refractivity contribution is 6.76. The predicted molar refractivity (Wildman–Crippen MR) is 109 cm³/mol. The lowest BCUT2D eigenvalue weighted by Crippen LogP contribution is -2.23. The Kier molecular flexibility index (Phi) is 8.34. The minimum absolute atomic E-state index is 0.0860. The van der Waals surface area contributed by atoms with Crippen LogP contribution in [0.2, 0.25) is 25.7 Å². The van der Waals surface area contributed by atoms with Crippen LogP contribution in [0.1, 0.15) is 27.8 Å². The number of halogens is 5. The van der Waals surface area contributed by atoms with Crippen molar-refractivity contribution in [2.75, 3.05) is 19.0 Å². The van der Waals surface area contributed by atoms with Gasteiger partial charge in [-0.25, -0.2) is 23.5 Å². The molecule has 0 bridgehead atoms. The Labute approximate surface area is 183 Å². The van der Waals surface area contributed by atoms with Gasteiger partial charge >= 0.3 is 12.1 Å². The van der Waals surface area contributed by atoms with E-state index >= 15 is 0 Å². The molecule has 0 aliphatic rings. The Morgan fingerprint density at radius 3 is 2.50 bits per heavy atom. The molecule has 32 heavy (non-hydrogen) atoms. The highest BCUT2D eigenvalue weighted by atomic mass is 28.3. The number of ether oxygens (including phenoxy) is 2. The third-order valence-electron chi connectivity index (χ3n) is 4.34. The van der Waals surface area contributed by atoms with Crippen molar-refractivity contribution >= 4 is 19.9 Å². The first-order valence-corrected chi connectivity index (χ1v) is 13.3. The highest BCUT2D eigenvalue weighted by Gasteiger charge is 2.35. The van der Waals surface area contributed by atoms with Crippen LogP contribution >= 0.6 is 0 Å². The predicted octanol–water partition coefficient (Wildman–Crippen LogP) is 4.81. The van der Waals surface area contributed by atoms with Crippen LogP contribution in [-0.4, -0.2) is 48.7 Å². The maximum absolute atomic E-state index is 13.8. The number of methoxy groups -OCH3 is 1. The lowest BCUT2D eigenvalue weighted by molar-refractivity contribution is -0.141. The quantitative estimate of drug-likeness (QED) is 0.228. The summed E-state index contributed by atoms with van der Waals surface area (Å²) in [6.45, 7) is 7.16. The van der Waals surface area contributed by atoms with Crippen molar-refractivity contribution in [1.29, 1.82) is 0 Å². The SMILES string of the molecule is COC(=O)c1ccc(C(F)(F)F)nc1NC(c1cn(COCC[Si](C)(C)C)cn1)C(F)F. The lowest BCUT2D eigenvalue weighted by Gasteiger charge is -2.19. The van der Waals surface area contributed by atoms with E-state index in [0.717, 1.165) is 19.2 Å². The van der Waals surface area contributed by atoms with Gasteiger partial charge in [-0.15, -0.1) is 0 Å². The van der Waals surface area contributed by atoms with Crippen molar-refractivity contribution in [1.82, 2.24) is 14.5 Å². The van der Waals surface area contributed by atoms with Crippen LogP contribution in [0.5, 0.6) is 0 Å². The first-order chi connectivity index (χ1) is 14.8. The van der Waals surface area contributed by atoms with E-state index in [1.165, 1.54) is 17.1 Å². The van der Waals surface area contributed by atoms with Gasteiger partial charge < -0.3 is 19.4 Å². The third kappa shape index (κ3) is 7.26. The van der Waals surface area contributed by atoms with Gasteiger partial charge in [0.05, 0.1) is 19.1 Å². The number of alkyl halides is 5. The van der Waals surface area contributed by atoms with E-state index in [1.54, 1.807) is 0 Å². The van der Waals surface area contributed by atoms with Crippen molar-refractivity contribution < 1.29 is 36.2 Å². The smallest absolute Gasteiger partial charge is 0.433 e. The Morgan fingerprint density at radius 1 is 1.25 bits per heavy atom. The minimum Gasteiger partial charge on any atom is -0.465 e. The van der Waals surface area contributed by atoms with Crippen LogP contribution in [0.3, 0.4) is 0 Å². The first-order valence-electron chi connectivity index (χ1n) is 9.62. The number of carbonyl (C=O) groups is 1. The molecule has 0 aliphatic heterocycles. The van der Waals surface area contributed by atoms with Gasteiger partial charge in [0.1, 0.15) is 29.8 Å². The number of hydrogen-bond donors (Lipinski definition) is 1. The van der Waals surface area contributed by atoms with Crippen LogP contribution in [0.15, 0.2) is 24.7 Å². The number of carbonyl (C=O) groups excluding carboxylic acids is 1. The molecule has 13 heteroatoms. The molecule has 2 aromatic heterocycles. The molecule has 0 aliphatic carbocycles. The van der Waals surface area contributed by atoms with Crippen LogP contribution in [0.4, 0.5) is 27.8 Å². The maximum Gasteiger partial charge on any atom is 0.433 e. The van der Waals surface area contributed by atoms with Crippen LogP contribution in [0.25, 0.3) is 0 Å². The zero-order valence-electron chi connectivity index (χ0n) is 18.0. The van der Waals surface area contributed by atoms with Crippen LogP contribution in [-0.2, 0) is 22.4 Å². The normalized spacial score (nSPS) is 13.3. The molecular formula is C19H25F5N4O3Si. The summed E-state index contributed by atoms with van der Waals surface area (Å²) in [6.07, 6.45) is -5.32. The fourth-order valence-corrected chi connectivity index (χ4v) is 3.33. The molecule has 0 amide bonds. The second-order valence-electron chi connectivity index (χ2n) is 8.20. The third-order valence-corrected chi connectivity index (χ3v) is 6.05. The Balaban J connectivity index is 2.24. The molecule has 0 fully saturated rings. The fraction of sp³-hybridized carbons (Fsp3) is 0.526. The van der Waals surface area contributed by atoms with E-state index in [0.29, 0.717) is 12.7 Å². The lowest BCUT2D eigenvalue weighted by atomic mass is 10.2. The number of aromatic nitrogens is 3. The number of hydrogen-bond acceptors (Lipinski definition) is 6. The number of nitrogens with zero attached hydrogens (tertiary/aromatic N) is 3. The highest BCUT2D eigenvalue weighted by Crippen LogP contribution is 2.32. The van der Waals surface area contributed by atoms with Crippen molar-refractivity contribution in [3.05, 3.63) is 41.6 Å². The number of nitrogens with one attached hydrogen (secondary N) is 1. The van der Waals surface area contributed by atoms with Gasteiger partial charge in [-0.1, -0.05) is 19.6 Å². The molecular weight excluding hydrogens is 455 g/mol. The summed E-state index contributed by atoms with van der Waals surface area (Å²) < 4.78 is 78.1. The van der Waals surface area contributed by atoms with Crippen molar-refractivity contribution in [2.24, 2.45) is 0 Å². The molecule has 2 aromatic rings. The van der Waals surface area contributed by atoms with E-state index in [1.807, 2.05) is 0 Å². The first kappa shape index (κ1) is 25.7. The summed E-state index contributed by atoms with van der Waals surface area (Å²) in [6, 6.07) is 0.490. The molecule has 0 aromatic carbocycles. The summed E-state index contributed by atoms with van der Waals surface area (Å²) in [5.74, 6) is -1.71. The number of anilines is 1. The van der Waals surface area contributed by atoms with Gasteiger partial charge in [0.15, 0.2) is 0 Å².